The molecule has 0 aliphatic carbocycles. The van der Waals surface area contributed by atoms with E-state index in [1.165, 1.54) is 0 Å². The van der Waals surface area contributed by atoms with Gasteiger partial charge in [-0.2, -0.15) is 0 Å². The van der Waals surface area contributed by atoms with Gasteiger partial charge in [0.15, 0.2) is 0 Å². The Kier molecular flexibility index (Phi) is 3.59. The molecular formula is C10H14N2O2. The number of hydrogen-bond donors (Lipinski definition) is 1. The van der Waals surface area contributed by atoms with E-state index in [2.05, 4.69) is 0 Å². The second-order valence-electron chi connectivity index (χ2n) is 3.44. The lowest BCUT2D eigenvalue weighted by atomic mass is 10.0. The molecule has 1 aromatic carbocycles. The maximum Gasteiger partial charge on any atom is 0.229 e. The van der Waals surface area contributed by atoms with Crippen LogP contribution in [-0.4, -0.2) is 11.0 Å². The lowest BCUT2D eigenvalue weighted by Crippen LogP contribution is -2.19. The van der Waals surface area contributed by atoms with E-state index in [0.717, 1.165) is 11.1 Å². The Hall–Kier alpha value is -1.42. The molecule has 0 heterocycles. The van der Waals surface area contributed by atoms with E-state index < -0.39 is 0 Å². The van der Waals surface area contributed by atoms with E-state index in [1.807, 2.05) is 25.1 Å². The molecule has 1 atom stereocenters. The molecule has 76 valence electrons. The van der Waals surface area contributed by atoms with E-state index in [1.54, 1.807) is 6.07 Å². The highest BCUT2D eigenvalue weighted by Gasteiger charge is 2.08. The summed E-state index contributed by atoms with van der Waals surface area (Å²) in [5.74, 6) is 0. The van der Waals surface area contributed by atoms with Gasteiger partial charge < -0.3 is 5.73 Å². The molecule has 0 radical (unpaired) electrons. The van der Waals surface area contributed by atoms with Crippen LogP contribution in [0.3, 0.4) is 0 Å². The average Bonchev–Trinajstić information content (AvgIpc) is 2.06. The molecule has 4 heteroatoms. The quantitative estimate of drug-likeness (QED) is 0.581. The highest BCUT2D eigenvalue weighted by molar-refractivity contribution is 5.27. The predicted molar refractivity (Wildman–Crippen MR) is 54.5 cm³/mol. The molecule has 0 fully saturated rings. The highest BCUT2D eigenvalue weighted by atomic mass is 16.6. The minimum Gasteiger partial charge on any atom is -0.328 e. The zero-order valence-corrected chi connectivity index (χ0v) is 8.14. The zero-order valence-electron chi connectivity index (χ0n) is 8.14. The third-order valence-electron chi connectivity index (χ3n) is 1.96. The van der Waals surface area contributed by atoms with Gasteiger partial charge in [-0.3, -0.25) is 10.1 Å². The number of nitrogens with zero attached hydrogens (tertiary/aromatic N) is 1. The molecule has 0 saturated carbocycles. The third-order valence-corrected chi connectivity index (χ3v) is 1.96. The number of hydrogen-bond acceptors (Lipinski definition) is 3. The van der Waals surface area contributed by atoms with E-state index in [9.17, 15) is 10.1 Å². The minimum atomic E-state index is -0.319. The van der Waals surface area contributed by atoms with Gasteiger partial charge in [0.05, 0.1) is 0 Å². The number of rotatable bonds is 4. The van der Waals surface area contributed by atoms with Crippen LogP contribution in [0.15, 0.2) is 24.3 Å². The SMILES string of the molecule is CC(N)Cc1ccccc1C[N+](=O)[O-]. The van der Waals surface area contributed by atoms with Gasteiger partial charge in [0.1, 0.15) is 0 Å². The van der Waals surface area contributed by atoms with Gasteiger partial charge >= 0.3 is 0 Å². The van der Waals surface area contributed by atoms with Gasteiger partial charge in [-0.1, -0.05) is 24.3 Å². The van der Waals surface area contributed by atoms with Gasteiger partial charge in [0, 0.05) is 16.5 Å². The smallest absolute Gasteiger partial charge is 0.229 e. The summed E-state index contributed by atoms with van der Waals surface area (Å²) in [6.07, 6.45) is 0.685. The zero-order chi connectivity index (χ0) is 10.6. The molecule has 14 heavy (non-hydrogen) atoms. The van der Waals surface area contributed by atoms with Gasteiger partial charge in [0.2, 0.25) is 6.54 Å². The minimum absolute atomic E-state index is 0.0305. The number of nitrogens with two attached hydrogens (primary N) is 1. The van der Waals surface area contributed by atoms with Crippen molar-refractivity contribution in [3.63, 3.8) is 0 Å². The topological polar surface area (TPSA) is 69.2 Å². The summed E-state index contributed by atoms with van der Waals surface area (Å²) in [4.78, 5) is 10.1. The van der Waals surface area contributed by atoms with E-state index in [-0.39, 0.29) is 17.5 Å². The number of benzene rings is 1. The van der Waals surface area contributed by atoms with Crippen LogP contribution >= 0.6 is 0 Å². The summed E-state index contributed by atoms with van der Waals surface area (Å²) in [6, 6.07) is 7.39. The van der Waals surface area contributed by atoms with Crippen LogP contribution in [0.2, 0.25) is 0 Å². The second-order valence-corrected chi connectivity index (χ2v) is 3.44. The Balaban J connectivity index is 2.85. The van der Waals surface area contributed by atoms with Crippen molar-refractivity contribution in [1.29, 1.82) is 0 Å². The Bertz CT molecular complexity index is 324. The third kappa shape index (κ3) is 3.14. The van der Waals surface area contributed by atoms with Crippen molar-refractivity contribution < 1.29 is 4.92 Å². The first-order chi connectivity index (χ1) is 6.59. The summed E-state index contributed by atoms with van der Waals surface area (Å²) in [5.41, 5.74) is 7.38. The first-order valence-corrected chi connectivity index (χ1v) is 4.53. The highest BCUT2D eigenvalue weighted by Crippen LogP contribution is 2.11. The maximum absolute atomic E-state index is 10.4. The van der Waals surface area contributed by atoms with Crippen molar-refractivity contribution in [1.82, 2.24) is 0 Å². The van der Waals surface area contributed by atoms with E-state index in [0.29, 0.717) is 6.42 Å². The normalized spacial score (nSPS) is 12.4. The van der Waals surface area contributed by atoms with Gasteiger partial charge in [-0.25, -0.2) is 0 Å². The molecule has 0 aliphatic heterocycles. The van der Waals surface area contributed by atoms with Gasteiger partial charge in [-0.15, -0.1) is 0 Å². The molecule has 0 aromatic heterocycles. The predicted octanol–water partition coefficient (Wildman–Crippen LogP) is 1.35. The largest absolute Gasteiger partial charge is 0.328 e. The van der Waals surface area contributed by atoms with Crippen LogP contribution in [0.25, 0.3) is 0 Å². The Labute approximate surface area is 82.9 Å². The summed E-state index contributed by atoms with van der Waals surface area (Å²) >= 11 is 0. The number of nitro groups is 1. The van der Waals surface area contributed by atoms with Crippen LogP contribution in [0.5, 0.6) is 0 Å². The van der Waals surface area contributed by atoms with Crippen molar-refractivity contribution in [2.75, 3.05) is 0 Å². The summed E-state index contributed by atoms with van der Waals surface area (Å²) in [5, 5.41) is 10.4. The van der Waals surface area contributed by atoms with Crippen LogP contribution in [0.1, 0.15) is 18.1 Å². The van der Waals surface area contributed by atoms with Crippen LogP contribution in [0.4, 0.5) is 0 Å². The van der Waals surface area contributed by atoms with Crippen molar-refractivity contribution >= 4 is 0 Å². The molecule has 1 rings (SSSR count). The Morgan fingerprint density at radius 2 is 2.00 bits per heavy atom. The van der Waals surface area contributed by atoms with Gasteiger partial charge in [0.25, 0.3) is 0 Å². The fourth-order valence-corrected chi connectivity index (χ4v) is 1.40. The molecule has 1 aromatic rings. The molecule has 1 unspecified atom stereocenters. The lowest BCUT2D eigenvalue weighted by Gasteiger charge is -2.08. The van der Waals surface area contributed by atoms with Crippen molar-refractivity contribution in [3.8, 4) is 0 Å². The van der Waals surface area contributed by atoms with Crippen molar-refractivity contribution in [3.05, 3.63) is 45.5 Å². The Morgan fingerprint density at radius 3 is 2.50 bits per heavy atom. The van der Waals surface area contributed by atoms with Crippen LogP contribution in [-0.2, 0) is 13.0 Å². The second kappa shape index (κ2) is 4.72. The first kappa shape index (κ1) is 10.7. The fraction of sp³-hybridized carbons (Fsp3) is 0.400. The molecule has 2 N–H and O–H groups in total. The molecule has 0 spiro atoms. The van der Waals surface area contributed by atoms with Crippen LogP contribution < -0.4 is 5.73 Å². The standard InChI is InChI=1S/C10H14N2O2/c1-8(11)6-9-4-2-3-5-10(9)7-12(13)14/h2-5,8H,6-7,11H2,1H3. The Morgan fingerprint density at radius 1 is 1.43 bits per heavy atom. The molecule has 0 aliphatic rings. The van der Waals surface area contributed by atoms with E-state index in [4.69, 9.17) is 5.73 Å². The average molecular weight is 194 g/mol. The first-order valence-electron chi connectivity index (χ1n) is 4.53. The lowest BCUT2D eigenvalue weighted by molar-refractivity contribution is -0.496. The molecule has 0 amide bonds. The summed E-state index contributed by atoms with van der Waals surface area (Å²) in [6.45, 7) is 1.77. The monoisotopic (exact) mass is 194 g/mol. The van der Waals surface area contributed by atoms with Crippen LogP contribution in [0, 0.1) is 10.1 Å². The molecule has 0 saturated heterocycles. The maximum atomic E-state index is 10.4. The molecule has 0 bridgehead atoms. The van der Waals surface area contributed by atoms with Crippen molar-refractivity contribution in [2.45, 2.75) is 25.9 Å². The fourth-order valence-electron chi connectivity index (χ4n) is 1.40. The van der Waals surface area contributed by atoms with E-state index >= 15 is 0 Å². The molecular weight excluding hydrogens is 180 g/mol. The summed E-state index contributed by atoms with van der Waals surface area (Å²) in [7, 11) is 0. The molecule has 4 nitrogen and oxygen atoms in total. The van der Waals surface area contributed by atoms with Gasteiger partial charge in [-0.05, 0) is 18.9 Å². The summed E-state index contributed by atoms with van der Waals surface area (Å²) < 4.78 is 0. The van der Waals surface area contributed by atoms with Crippen molar-refractivity contribution in [2.24, 2.45) is 5.73 Å².